The number of carboxylic acid groups (broad SMARTS) is 1. The molecule has 10 heteroatoms. The van der Waals surface area contributed by atoms with Gasteiger partial charge in [0.25, 0.3) is 0 Å². The van der Waals surface area contributed by atoms with Crippen LogP contribution in [0.15, 0.2) is 29.4 Å². The number of halogens is 1. The van der Waals surface area contributed by atoms with E-state index >= 15 is 0 Å². The van der Waals surface area contributed by atoms with Gasteiger partial charge in [0.2, 0.25) is 5.95 Å². The third kappa shape index (κ3) is 3.64. The van der Waals surface area contributed by atoms with Gasteiger partial charge in [0.1, 0.15) is 0 Å². The number of nitrogens with zero attached hydrogens (tertiary/aromatic N) is 3. The number of nitrogens with one attached hydrogen (secondary N) is 1. The van der Waals surface area contributed by atoms with Crippen molar-refractivity contribution in [1.82, 2.24) is 19.7 Å². The monoisotopic (exact) mass is 422 g/mol. The number of benzene rings is 1. The highest BCUT2D eigenvalue weighted by molar-refractivity contribution is 7.91. The molecule has 0 aliphatic heterocycles. The number of carboxylic acids is 1. The van der Waals surface area contributed by atoms with Crippen LogP contribution in [-0.4, -0.2) is 45.0 Å². The molecule has 0 bridgehead atoms. The molecule has 28 heavy (non-hydrogen) atoms. The second-order valence-corrected chi connectivity index (χ2v) is 9.53. The average Bonchev–Trinajstić information content (AvgIpc) is 3.28. The molecule has 0 spiro atoms. The molecule has 2 heterocycles. The van der Waals surface area contributed by atoms with Crippen molar-refractivity contribution < 1.29 is 18.3 Å². The number of aromatic carboxylic acids is 1. The van der Waals surface area contributed by atoms with Crippen molar-refractivity contribution in [1.29, 1.82) is 0 Å². The maximum absolute atomic E-state index is 12.9. The summed E-state index contributed by atoms with van der Waals surface area (Å²) in [4.78, 5) is 18.4. The molecule has 0 atom stereocenters. The van der Waals surface area contributed by atoms with Crippen LogP contribution >= 0.6 is 11.6 Å². The van der Waals surface area contributed by atoms with Gasteiger partial charge in [-0.05, 0) is 30.9 Å². The van der Waals surface area contributed by atoms with Crippen LogP contribution in [0.1, 0.15) is 42.5 Å². The minimum absolute atomic E-state index is 0.0224. The van der Waals surface area contributed by atoms with Crippen LogP contribution in [0.2, 0.25) is 5.02 Å². The molecular weight excluding hydrogens is 404 g/mol. The molecule has 2 N–H and O–H groups in total. The first-order valence-corrected chi connectivity index (χ1v) is 11.1. The number of fused-ring (bicyclic) bond motifs is 1. The van der Waals surface area contributed by atoms with Crippen LogP contribution in [-0.2, 0) is 9.84 Å². The Kier molecular flexibility index (Phi) is 4.88. The third-order valence-electron chi connectivity index (χ3n) is 5.08. The molecule has 1 fully saturated rings. The lowest BCUT2D eigenvalue weighted by atomic mass is 9.91. The molecule has 8 nitrogen and oxygen atoms in total. The molecule has 1 aliphatic rings. The zero-order valence-electron chi connectivity index (χ0n) is 14.9. The summed E-state index contributed by atoms with van der Waals surface area (Å²) in [6.07, 6.45) is 7.69. The largest absolute Gasteiger partial charge is 0.478 e. The SMILES string of the molecule is O=C(O)c1cnn(-c2nc3cc(S(=O)(=O)CC4CCCCC4)c(Cl)cc3[nH]2)c1. The Balaban J connectivity index is 1.68. The van der Waals surface area contributed by atoms with Gasteiger partial charge in [-0.1, -0.05) is 30.9 Å². The highest BCUT2D eigenvalue weighted by Gasteiger charge is 2.26. The fraction of sp³-hybridized carbons (Fsp3) is 0.389. The molecule has 0 amide bonds. The highest BCUT2D eigenvalue weighted by Crippen LogP contribution is 2.32. The summed E-state index contributed by atoms with van der Waals surface area (Å²) in [6, 6.07) is 3.00. The van der Waals surface area contributed by atoms with Crippen LogP contribution in [0.3, 0.4) is 0 Å². The summed E-state index contributed by atoms with van der Waals surface area (Å²) in [5.74, 6) is -0.558. The number of aromatic amines is 1. The minimum Gasteiger partial charge on any atom is -0.478 e. The Hall–Kier alpha value is -2.39. The molecule has 0 saturated heterocycles. The van der Waals surface area contributed by atoms with Gasteiger partial charge in [0.05, 0.1) is 38.5 Å². The molecule has 1 aliphatic carbocycles. The van der Waals surface area contributed by atoms with E-state index in [-0.39, 0.29) is 33.1 Å². The van der Waals surface area contributed by atoms with E-state index in [1.54, 1.807) is 0 Å². The molecular formula is C18H19ClN4O4S. The second kappa shape index (κ2) is 7.21. The van der Waals surface area contributed by atoms with E-state index < -0.39 is 15.8 Å². The van der Waals surface area contributed by atoms with E-state index in [0.29, 0.717) is 11.0 Å². The first-order chi connectivity index (χ1) is 13.3. The Morgan fingerprint density at radius 1 is 1.29 bits per heavy atom. The second-order valence-electron chi connectivity index (χ2n) is 7.12. The summed E-state index contributed by atoms with van der Waals surface area (Å²) < 4.78 is 27.1. The van der Waals surface area contributed by atoms with Gasteiger partial charge in [-0.25, -0.2) is 22.9 Å². The third-order valence-corrected chi connectivity index (χ3v) is 7.43. The number of sulfone groups is 1. The fourth-order valence-corrected chi connectivity index (χ4v) is 5.94. The predicted octanol–water partition coefficient (Wildman–Crippen LogP) is 3.45. The zero-order valence-corrected chi connectivity index (χ0v) is 16.5. The summed E-state index contributed by atoms with van der Waals surface area (Å²) in [5, 5.41) is 13.1. The normalized spacial score (nSPS) is 15.9. The number of hydrogen-bond donors (Lipinski definition) is 2. The molecule has 4 rings (SSSR count). The summed E-state index contributed by atoms with van der Waals surface area (Å²) in [6.45, 7) is 0. The quantitative estimate of drug-likeness (QED) is 0.650. The van der Waals surface area contributed by atoms with E-state index in [0.717, 1.165) is 32.1 Å². The lowest BCUT2D eigenvalue weighted by Crippen LogP contribution is -2.19. The Morgan fingerprint density at radius 3 is 2.71 bits per heavy atom. The molecule has 3 aromatic rings. The van der Waals surface area contributed by atoms with Crippen molar-refractivity contribution >= 4 is 38.4 Å². The predicted molar refractivity (Wildman–Crippen MR) is 104 cm³/mol. The zero-order chi connectivity index (χ0) is 19.9. The van der Waals surface area contributed by atoms with Crippen LogP contribution in [0, 0.1) is 5.92 Å². The van der Waals surface area contributed by atoms with Gasteiger partial charge >= 0.3 is 5.97 Å². The van der Waals surface area contributed by atoms with Crippen molar-refractivity contribution in [3.8, 4) is 5.95 Å². The number of carbonyl (C=O) groups is 1. The van der Waals surface area contributed by atoms with E-state index in [1.165, 1.54) is 29.2 Å². The smallest absolute Gasteiger partial charge is 0.338 e. The van der Waals surface area contributed by atoms with Gasteiger partial charge in [0.15, 0.2) is 9.84 Å². The molecule has 1 aromatic carbocycles. The number of rotatable bonds is 5. The summed E-state index contributed by atoms with van der Waals surface area (Å²) in [5.41, 5.74) is 0.993. The first-order valence-electron chi connectivity index (χ1n) is 9.04. The lowest BCUT2D eigenvalue weighted by molar-refractivity contribution is 0.0697. The summed E-state index contributed by atoms with van der Waals surface area (Å²) >= 11 is 6.28. The highest BCUT2D eigenvalue weighted by atomic mass is 35.5. The van der Waals surface area contributed by atoms with Gasteiger partial charge in [-0.3, -0.25) is 0 Å². The molecule has 2 aromatic heterocycles. The Morgan fingerprint density at radius 2 is 2.04 bits per heavy atom. The average molecular weight is 423 g/mol. The van der Waals surface area contributed by atoms with Crippen LogP contribution in [0.5, 0.6) is 0 Å². The topological polar surface area (TPSA) is 118 Å². The minimum atomic E-state index is -3.53. The molecule has 1 saturated carbocycles. The first kappa shape index (κ1) is 18.9. The molecule has 0 unspecified atom stereocenters. The number of aromatic nitrogens is 4. The van der Waals surface area contributed by atoms with Crippen molar-refractivity contribution in [2.45, 2.75) is 37.0 Å². The van der Waals surface area contributed by atoms with Gasteiger partial charge in [-0.15, -0.1) is 0 Å². The van der Waals surface area contributed by atoms with Crippen molar-refractivity contribution in [3.05, 3.63) is 35.1 Å². The Labute approximate surface area is 166 Å². The van der Waals surface area contributed by atoms with E-state index in [1.807, 2.05) is 0 Å². The van der Waals surface area contributed by atoms with Crippen molar-refractivity contribution in [2.75, 3.05) is 5.75 Å². The fourth-order valence-electron chi connectivity index (χ4n) is 3.65. The maximum atomic E-state index is 12.9. The van der Waals surface area contributed by atoms with Crippen LogP contribution in [0.4, 0.5) is 0 Å². The van der Waals surface area contributed by atoms with E-state index in [2.05, 4.69) is 15.1 Å². The molecule has 0 radical (unpaired) electrons. The number of H-pyrrole nitrogens is 1. The number of imidazole rings is 1. The van der Waals surface area contributed by atoms with E-state index in [4.69, 9.17) is 16.7 Å². The van der Waals surface area contributed by atoms with Gasteiger partial charge in [0, 0.05) is 6.20 Å². The van der Waals surface area contributed by atoms with Gasteiger partial charge in [-0.2, -0.15) is 5.10 Å². The maximum Gasteiger partial charge on any atom is 0.338 e. The van der Waals surface area contributed by atoms with Crippen LogP contribution < -0.4 is 0 Å². The van der Waals surface area contributed by atoms with E-state index in [9.17, 15) is 13.2 Å². The Bertz CT molecular complexity index is 1150. The standard InChI is InChI=1S/C18H19ClN4O4S/c19-13-6-14-15(22-18(21-14)23-9-12(8-20-23)17(24)25)7-16(13)28(26,27)10-11-4-2-1-3-5-11/h6-9,11H,1-5,10H2,(H,21,22)(H,24,25). The van der Waals surface area contributed by atoms with Crippen molar-refractivity contribution in [2.24, 2.45) is 5.92 Å². The van der Waals surface area contributed by atoms with Gasteiger partial charge < -0.3 is 10.1 Å². The van der Waals surface area contributed by atoms with Crippen molar-refractivity contribution in [3.63, 3.8) is 0 Å². The molecule has 148 valence electrons. The number of hydrogen-bond acceptors (Lipinski definition) is 5. The summed E-state index contributed by atoms with van der Waals surface area (Å²) in [7, 11) is -3.53. The van der Waals surface area contributed by atoms with Crippen LogP contribution in [0.25, 0.3) is 17.0 Å². The lowest BCUT2D eigenvalue weighted by Gasteiger charge is -2.21.